The molecule has 2 aromatic rings. The van der Waals surface area contributed by atoms with E-state index in [0.29, 0.717) is 22.3 Å². The van der Waals surface area contributed by atoms with Gasteiger partial charge in [-0.3, -0.25) is 4.79 Å². The SMILES string of the molecule is CCCOc1ccccc1/C=N/NC(=O)c1sc(N)nc1C. The summed E-state index contributed by atoms with van der Waals surface area (Å²) in [6.07, 6.45) is 2.48. The maximum atomic E-state index is 12.0. The first-order valence-electron chi connectivity index (χ1n) is 6.90. The Morgan fingerprint density at radius 3 is 2.95 bits per heavy atom. The molecule has 0 radical (unpaired) electrons. The highest BCUT2D eigenvalue weighted by atomic mass is 32.1. The van der Waals surface area contributed by atoms with E-state index in [1.807, 2.05) is 31.2 Å². The Bertz CT molecular complexity index is 682. The third-order valence-electron chi connectivity index (χ3n) is 2.77. The van der Waals surface area contributed by atoms with Gasteiger partial charge in [-0.25, -0.2) is 10.4 Å². The number of nitrogens with two attached hydrogens (primary N) is 1. The number of benzene rings is 1. The first-order chi connectivity index (χ1) is 10.6. The number of rotatable bonds is 6. The van der Waals surface area contributed by atoms with Crippen LogP contribution in [0.4, 0.5) is 5.13 Å². The number of carbonyl (C=O) groups is 1. The number of thiazole rings is 1. The zero-order valence-corrected chi connectivity index (χ0v) is 13.3. The van der Waals surface area contributed by atoms with Gasteiger partial charge in [-0.1, -0.05) is 30.4 Å². The normalized spacial score (nSPS) is 10.8. The number of aromatic nitrogens is 1. The zero-order valence-electron chi connectivity index (χ0n) is 12.5. The van der Waals surface area contributed by atoms with Crippen LogP contribution in [0.3, 0.4) is 0 Å². The number of hydrogen-bond donors (Lipinski definition) is 2. The fraction of sp³-hybridized carbons (Fsp3) is 0.267. The molecule has 0 atom stereocenters. The quantitative estimate of drug-likeness (QED) is 0.633. The van der Waals surface area contributed by atoms with Crippen LogP contribution >= 0.6 is 11.3 Å². The van der Waals surface area contributed by atoms with E-state index in [-0.39, 0.29) is 5.91 Å². The number of carbonyl (C=O) groups excluding carboxylic acids is 1. The minimum absolute atomic E-state index is 0.324. The van der Waals surface area contributed by atoms with Crippen LogP contribution in [-0.2, 0) is 0 Å². The van der Waals surface area contributed by atoms with Crippen LogP contribution in [0, 0.1) is 6.92 Å². The van der Waals surface area contributed by atoms with Crippen LogP contribution in [0.25, 0.3) is 0 Å². The van der Waals surface area contributed by atoms with E-state index < -0.39 is 0 Å². The summed E-state index contributed by atoms with van der Waals surface area (Å²) in [5.41, 5.74) is 9.45. The maximum Gasteiger partial charge on any atom is 0.283 e. The Labute approximate surface area is 133 Å². The standard InChI is InChI=1S/C15H18N4O2S/c1-3-8-21-12-7-5-4-6-11(12)9-17-19-14(20)13-10(2)18-15(16)22-13/h4-7,9H,3,8H2,1-2H3,(H2,16,18)(H,19,20)/b17-9+. The highest BCUT2D eigenvalue weighted by Crippen LogP contribution is 2.19. The predicted octanol–water partition coefficient (Wildman–Crippen LogP) is 2.59. The van der Waals surface area contributed by atoms with Crippen molar-refractivity contribution in [2.75, 3.05) is 12.3 Å². The van der Waals surface area contributed by atoms with Crippen LogP contribution in [0.1, 0.15) is 34.3 Å². The van der Waals surface area contributed by atoms with Crippen molar-refractivity contribution in [3.05, 3.63) is 40.4 Å². The molecule has 0 bridgehead atoms. The summed E-state index contributed by atoms with van der Waals surface area (Å²) in [5, 5.41) is 4.34. The lowest BCUT2D eigenvalue weighted by Crippen LogP contribution is -2.17. The van der Waals surface area contributed by atoms with E-state index in [4.69, 9.17) is 10.5 Å². The summed E-state index contributed by atoms with van der Waals surface area (Å²) in [7, 11) is 0. The fourth-order valence-electron chi connectivity index (χ4n) is 1.77. The molecule has 0 aliphatic carbocycles. The summed E-state index contributed by atoms with van der Waals surface area (Å²) < 4.78 is 5.62. The van der Waals surface area contributed by atoms with E-state index >= 15 is 0 Å². The van der Waals surface area contributed by atoms with Crippen molar-refractivity contribution in [3.8, 4) is 5.75 Å². The molecule has 22 heavy (non-hydrogen) atoms. The van der Waals surface area contributed by atoms with Crippen LogP contribution < -0.4 is 15.9 Å². The second kappa shape index (κ2) is 7.56. The number of para-hydroxylation sites is 1. The van der Waals surface area contributed by atoms with Crippen molar-refractivity contribution < 1.29 is 9.53 Å². The van der Waals surface area contributed by atoms with Gasteiger partial charge in [-0.15, -0.1) is 0 Å². The van der Waals surface area contributed by atoms with Gasteiger partial charge in [0.2, 0.25) is 0 Å². The van der Waals surface area contributed by atoms with Crippen LogP contribution in [-0.4, -0.2) is 23.7 Å². The number of nitrogen functional groups attached to an aromatic ring is 1. The van der Waals surface area contributed by atoms with Crippen molar-refractivity contribution in [1.29, 1.82) is 0 Å². The second-order valence-corrected chi connectivity index (χ2v) is 5.58. The van der Waals surface area contributed by atoms with Gasteiger partial charge in [0.1, 0.15) is 10.6 Å². The average molecular weight is 318 g/mol. The van der Waals surface area contributed by atoms with Crippen LogP contribution in [0.15, 0.2) is 29.4 Å². The fourth-order valence-corrected chi connectivity index (χ4v) is 2.49. The van der Waals surface area contributed by atoms with E-state index in [9.17, 15) is 4.79 Å². The Balaban J connectivity index is 2.03. The van der Waals surface area contributed by atoms with Gasteiger partial charge in [-0.05, 0) is 25.5 Å². The summed E-state index contributed by atoms with van der Waals surface area (Å²) in [6.45, 7) is 4.41. The Morgan fingerprint density at radius 1 is 1.50 bits per heavy atom. The van der Waals surface area contributed by atoms with E-state index in [0.717, 1.165) is 29.1 Å². The summed E-state index contributed by atoms with van der Waals surface area (Å²) >= 11 is 1.14. The topological polar surface area (TPSA) is 89.6 Å². The van der Waals surface area contributed by atoms with Gasteiger partial charge in [-0.2, -0.15) is 5.10 Å². The van der Waals surface area contributed by atoms with Crippen molar-refractivity contribution in [2.45, 2.75) is 20.3 Å². The third-order valence-corrected chi connectivity index (χ3v) is 3.76. The molecule has 0 fully saturated rings. The molecule has 116 valence electrons. The molecular formula is C15H18N4O2S. The molecule has 1 heterocycles. The van der Waals surface area contributed by atoms with Crippen LogP contribution in [0.5, 0.6) is 5.75 Å². The first kappa shape index (κ1) is 16.0. The Hall–Kier alpha value is -2.41. The molecule has 0 unspecified atom stereocenters. The largest absolute Gasteiger partial charge is 0.493 e. The highest BCUT2D eigenvalue weighted by molar-refractivity contribution is 7.17. The Morgan fingerprint density at radius 2 is 2.27 bits per heavy atom. The molecular weight excluding hydrogens is 300 g/mol. The monoisotopic (exact) mass is 318 g/mol. The molecule has 1 aromatic carbocycles. The number of anilines is 1. The van der Waals surface area contributed by atoms with Crippen molar-refractivity contribution in [2.24, 2.45) is 5.10 Å². The number of hydrazone groups is 1. The minimum Gasteiger partial charge on any atom is -0.493 e. The molecule has 0 aliphatic rings. The molecule has 0 spiro atoms. The minimum atomic E-state index is -0.324. The van der Waals surface area contributed by atoms with Crippen molar-refractivity contribution >= 4 is 28.6 Å². The van der Waals surface area contributed by atoms with Crippen molar-refractivity contribution in [1.82, 2.24) is 10.4 Å². The molecule has 1 amide bonds. The summed E-state index contributed by atoms with van der Waals surface area (Å²) in [6, 6.07) is 7.52. The summed E-state index contributed by atoms with van der Waals surface area (Å²) in [4.78, 5) is 16.5. The van der Waals surface area contributed by atoms with Gasteiger partial charge in [0.15, 0.2) is 5.13 Å². The van der Waals surface area contributed by atoms with Gasteiger partial charge >= 0.3 is 0 Å². The molecule has 0 saturated heterocycles. The number of ether oxygens (including phenoxy) is 1. The third kappa shape index (κ3) is 4.05. The van der Waals surface area contributed by atoms with Crippen molar-refractivity contribution in [3.63, 3.8) is 0 Å². The molecule has 3 N–H and O–H groups in total. The molecule has 7 heteroatoms. The summed E-state index contributed by atoms with van der Waals surface area (Å²) in [5.74, 6) is 0.412. The molecule has 0 saturated carbocycles. The van der Waals surface area contributed by atoms with E-state index in [1.54, 1.807) is 13.1 Å². The molecule has 1 aromatic heterocycles. The van der Waals surface area contributed by atoms with E-state index in [1.165, 1.54) is 0 Å². The van der Waals surface area contributed by atoms with Gasteiger partial charge in [0.05, 0.1) is 18.5 Å². The zero-order chi connectivity index (χ0) is 15.9. The lowest BCUT2D eigenvalue weighted by Gasteiger charge is -2.07. The highest BCUT2D eigenvalue weighted by Gasteiger charge is 2.13. The molecule has 6 nitrogen and oxygen atoms in total. The van der Waals surface area contributed by atoms with Gasteiger partial charge in [0.25, 0.3) is 5.91 Å². The number of amides is 1. The molecule has 2 rings (SSSR count). The average Bonchev–Trinajstić information content (AvgIpc) is 2.85. The lowest BCUT2D eigenvalue weighted by atomic mass is 10.2. The van der Waals surface area contributed by atoms with Crippen LogP contribution in [0.2, 0.25) is 0 Å². The van der Waals surface area contributed by atoms with Gasteiger partial charge < -0.3 is 10.5 Å². The second-order valence-electron chi connectivity index (χ2n) is 4.55. The number of hydrogen-bond acceptors (Lipinski definition) is 6. The van der Waals surface area contributed by atoms with E-state index in [2.05, 4.69) is 15.5 Å². The van der Waals surface area contributed by atoms with Gasteiger partial charge in [0, 0.05) is 5.56 Å². The Kier molecular flexibility index (Phi) is 5.48. The molecule has 0 aliphatic heterocycles. The number of nitrogens with one attached hydrogen (secondary N) is 1. The number of aryl methyl sites for hydroxylation is 1. The first-order valence-corrected chi connectivity index (χ1v) is 7.71. The smallest absolute Gasteiger partial charge is 0.283 e. The predicted molar refractivity (Wildman–Crippen MR) is 88.6 cm³/mol. The lowest BCUT2D eigenvalue weighted by molar-refractivity contribution is 0.0958. The maximum absolute atomic E-state index is 12.0. The number of nitrogens with zero attached hydrogens (tertiary/aromatic N) is 2.